The molecule has 1 aliphatic heterocycles. The average Bonchev–Trinajstić information content (AvgIpc) is 2.96. The minimum atomic E-state index is -4.25. The second-order valence-corrected chi connectivity index (χ2v) is 6.60. The minimum absolute atomic E-state index is 0.0251. The first kappa shape index (κ1) is 16.4. The number of carbonyl (C=O) groups is 2. The van der Waals surface area contributed by atoms with Gasteiger partial charge in [0.25, 0.3) is 0 Å². The molecule has 120 valence electrons. The first-order valence-corrected chi connectivity index (χ1v) is 7.85. The molecule has 9 heteroatoms. The van der Waals surface area contributed by atoms with Gasteiger partial charge < -0.3 is 9.84 Å². The Morgan fingerprint density at radius 2 is 2.09 bits per heavy atom. The Hall–Kier alpha value is -2.00. The average molecular weight is 331 g/mol. The van der Waals surface area contributed by atoms with Crippen LogP contribution in [0, 0.1) is 5.82 Å². The predicted molar refractivity (Wildman–Crippen MR) is 72.3 cm³/mol. The molecule has 0 saturated carbocycles. The summed E-state index contributed by atoms with van der Waals surface area (Å²) in [6, 6.07) is 1.39. The van der Waals surface area contributed by atoms with Gasteiger partial charge in [-0.1, -0.05) is 0 Å². The number of methoxy groups -OCH3 is 1. The Kier molecular flexibility index (Phi) is 4.47. The molecule has 0 unspecified atom stereocenters. The number of benzene rings is 1. The fourth-order valence-electron chi connectivity index (χ4n) is 2.40. The Balaban J connectivity index is 2.55. The van der Waals surface area contributed by atoms with Crippen molar-refractivity contribution in [1.82, 2.24) is 4.31 Å². The molecular weight excluding hydrogens is 317 g/mol. The summed E-state index contributed by atoms with van der Waals surface area (Å²) in [6.07, 6.45) is 0.578. The third-order valence-electron chi connectivity index (χ3n) is 3.42. The van der Waals surface area contributed by atoms with Gasteiger partial charge in [0.2, 0.25) is 10.0 Å². The van der Waals surface area contributed by atoms with Gasteiger partial charge in [-0.2, -0.15) is 4.31 Å². The lowest BCUT2D eigenvalue weighted by atomic mass is 10.2. The van der Waals surface area contributed by atoms with Crippen molar-refractivity contribution in [2.45, 2.75) is 23.8 Å². The standard InChI is InChI=1S/C13H14FNO6S/c1-21-13(18)9-7-8(14)4-5-11(9)22(19,20)15-6-2-3-10(15)12(16)17/h4-5,7,10H,2-3,6H2,1H3,(H,16,17)/t10-/m1/s1. The lowest BCUT2D eigenvalue weighted by Gasteiger charge is -2.22. The lowest BCUT2D eigenvalue weighted by Crippen LogP contribution is -2.40. The maximum absolute atomic E-state index is 13.3. The Morgan fingerprint density at radius 3 is 2.68 bits per heavy atom. The van der Waals surface area contributed by atoms with Gasteiger partial charge in [0.1, 0.15) is 11.9 Å². The van der Waals surface area contributed by atoms with E-state index < -0.39 is 44.3 Å². The number of carbonyl (C=O) groups excluding carboxylic acids is 1. The molecule has 0 spiro atoms. The van der Waals surface area contributed by atoms with Gasteiger partial charge in [-0.05, 0) is 31.0 Å². The van der Waals surface area contributed by atoms with Crippen molar-refractivity contribution in [3.63, 3.8) is 0 Å². The van der Waals surface area contributed by atoms with Crippen LogP contribution in [0.2, 0.25) is 0 Å². The minimum Gasteiger partial charge on any atom is -0.480 e. The van der Waals surface area contributed by atoms with Crippen LogP contribution in [0.15, 0.2) is 23.1 Å². The molecule has 1 saturated heterocycles. The lowest BCUT2D eigenvalue weighted by molar-refractivity contribution is -0.140. The molecule has 0 bridgehead atoms. The van der Waals surface area contributed by atoms with Crippen LogP contribution in [0.4, 0.5) is 4.39 Å². The second kappa shape index (κ2) is 6.01. The highest BCUT2D eigenvalue weighted by molar-refractivity contribution is 7.89. The number of esters is 1. The van der Waals surface area contributed by atoms with Crippen LogP contribution >= 0.6 is 0 Å². The topological polar surface area (TPSA) is 101 Å². The first-order chi connectivity index (χ1) is 10.3. The fourth-order valence-corrected chi connectivity index (χ4v) is 4.21. The third-order valence-corrected chi connectivity index (χ3v) is 5.39. The van der Waals surface area contributed by atoms with Gasteiger partial charge in [0, 0.05) is 6.54 Å². The molecule has 7 nitrogen and oxygen atoms in total. The van der Waals surface area contributed by atoms with E-state index in [1.807, 2.05) is 0 Å². The monoisotopic (exact) mass is 331 g/mol. The Labute approximate surface area is 126 Å². The van der Waals surface area contributed by atoms with Crippen LogP contribution in [-0.2, 0) is 19.6 Å². The van der Waals surface area contributed by atoms with Crippen LogP contribution in [0.3, 0.4) is 0 Å². The molecule has 22 heavy (non-hydrogen) atoms. The summed E-state index contributed by atoms with van der Waals surface area (Å²) in [5, 5.41) is 9.10. The van der Waals surface area contributed by atoms with Crippen molar-refractivity contribution in [3.05, 3.63) is 29.6 Å². The van der Waals surface area contributed by atoms with Crippen LogP contribution in [0.1, 0.15) is 23.2 Å². The zero-order valence-electron chi connectivity index (χ0n) is 11.7. The number of aliphatic carboxylic acids is 1. The SMILES string of the molecule is COC(=O)c1cc(F)ccc1S(=O)(=O)N1CCC[C@@H]1C(=O)O. The van der Waals surface area contributed by atoms with Crippen molar-refractivity contribution in [3.8, 4) is 0 Å². The van der Waals surface area contributed by atoms with Gasteiger partial charge in [0.05, 0.1) is 17.6 Å². The number of carboxylic acids is 1. The number of rotatable bonds is 4. The van der Waals surface area contributed by atoms with E-state index in [0.29, 0.717) is 6.42 Å². The van der Waals surface area contributed by atoms with E-state index in [-0.39, 0.29) is 13.0 Å². The molecule has 1 fully saturated rings. The van der Waals surface area contributed by atoms with Crippen LogP contribution in [0.5, 0.6) is 0 Å². The summed E-state index contributed by atoms with van der Waals surface area (Å²) in [6.45, 7) is 0.0251. The normalized spacial score (nSPS) is 19.1. The number of nitrogens with zero attached hydrogens (tertiary/aromatic N) is 1. The quantitative estimate of drug-likeness (QED) is 0.821. The summed E-state index contributed by atoms with van der Waals surface area (Å²) in [5.41, 5.74) is -0.460. The largest absolute Gasteiger partial charge is 0.480 e. The molecule has 1 aliphatic rings. The van der Waals surface area contributed by atoms with Crippen molar-refractivity contribution in [2.75, 3.05) is 13.7 Å². The van der Waals surface area contributed by atoms with Crippen LogP contribution < -0.4 is 0 Å². The number of hydrogen-bond donors (Lipinski definition) is 1. The molecule has 1 N–H and O–H groups in total. The molecule has 0 aromatic heterocycles. The van der Waals surface area contributed by atoms with E-state index in [4.69, 9.17) is 5.11 Å². The molecule has 2 rings (SSSR count). The molecule has 1 aromatic rings. The van der Waals surface area contributed by atoms with E-state index in [2.05, 4.69) is 4.74 Å². The van der Waals surface area contributed by atoms with Gasteiger partial charge in [0.15, 0.2) is 0 Å². The van der Waals surface area contributed by atoms with E-state index in [9.17, 15) is 22.4 Å². The second-order valence-electron chi connectivity index (χ2n) is 4.74. The summed E-state index contributed by atoms with van der Waals surface area (Å²) < 4.78 is 43.8. The molecule has 1 atom stereocenters. The molecule has 1 heterocycles. The van der Waals surface area contributed by atoms with Crippen molar-refractivity contribution < 1.29 is 32.2 Å². The number of halogens is 1. The maximum atomic E-state index is 13.3. The number of sulfonamides is 1. The van der Waals surface area contributed by atoms with E-state index in [1.54, 1.807) is 0 Å². The van der Waals surface area contributed by atoms with Crippen LogP contribution in [0.25, 0.3) is 0 Å². The number of ether oxygens (including phenoxy) is 1. The molecular formula is C13H14FNO6S. The fraction of sp³-hybridized carbons (Fsp3) is 0.385. The summed E-state index contributed by atoms with van der Waals surface area (Å²) in [5.74, 6) is -3.07. The third kappa shape index (κ3) is 2.81. The molecule has 1 aromatic carbocycles. The van der Waals surface area contributed by atoms with E-state index >= 15 is 0 Å². The molecule has 0 amide bonds. The number of carboxylic acid groups (broad SMARTS) is 1. The maximum Gasteiger partial charge on any atom is 0.339 e. The Morgan fingerprint density at radius 1 is 1.41 bits per heavy atom. The zero-order chi connectivity index (χ0) is 16.5. The summed E-state index contributed by atoms with van der Waals surface area (Å²) in [4.78, 5) is 22.4. The van der Waals surface area contributed by atoms with E-state index in [0.717, 1.165) is 29.6 Å². The molecule has 0 aliphatic carbocycles. The predicted octanol–water partition coefficient (Wildman–Crippen LogP) is 0.850. The van der Waals surface area contributed by atoms with E-state index in [1.165, 1.54) is 0 Å². The van der Waals surface area contributed by atoms with Gasteiger partial charge in [-0.3, -0.25) is 4.79 Å². The van der Waals surface area contributed by atoms with Gasteiger partial charge >= 0.3 is 11.9 Å². The smallest absolute Gasteiger partial charge is 0.339 e. The van der Waals surface area contributed by atoms with Gasteiger partial charge in [-0.15, -0.1) is 0 Å². The van der Waals surface area contributed by atoms with Gasteiger partial charge in [-0.25, -0.2) is 17.6 Å². The van der Waals surface area contributed by atoms with Crippen molar-refractivity contribution in [1.29, 1.82) is 0 Å². The summed E-state index contributed by atoms with van der Waals surface area (Å²) in [7, 11) is -3.21. The van der Waals surface area contributed by atoms with Crippen molar-refractivity contribution >= 4 is 22.0 Å². The number of hydrogen-bond acceptors (Lipinski definition) is 5. The zero-order valence-corrected chi connectivity index (χ0v) is 12.5. The Bertz CT molecular complexity index is 717. The molecule has 0 radical (unpaired) electrons. The first-order valence-electron chi connectivity index (χ1n) is 6.41. The van der Waals surface area contributed by atoms with Crippen molar-refractivity contribution in [2.24, 2.45) is 0 Å². The summed E-state index contributed by atoms with van der Waals surface area (Å²) >= 11 is 0. The highest BCUT2D eigenvalue weighted by atomic mass is 32.2. The highest BCUT2D eigenvalue weighted by Crippen LogP contribution is 2.28. The highest BCUT2D eigenvalue weighted by Gasteiger charge is 2.41. The van der Waals surface area contributed by atoms with Crippen LogP contribution in [-0.4, -0.2) is 49.5 Å².